The fraction of sp³-hybridized carbons (Fsp3) is 0.133. The van der Waals surface area contributed by atoms with Gasteiger partial charge in [-0.2, -0.15) is 0 Å². The fourth-order valence-corrected chi connectivity index (χ4v) is 6.17. The number of nitro benzene ring substituents is 1. The minimum absolute atomic E-state index is 0.00938. The summed E-state index contributed by atoms with van der Waals surface area (Å²) in [6, 6.07) is 38.0. The van der Waals surface area contributed by atoms with E-state index in [1.165, 1.54) is 22.8 Å². The first-order chi connectivity index (χ1) is 18.1. The predicted octanol–water partition coefficient (Wildman–Crippen LogP) is 6.38. The van der Waals surface area contributed by atoms with Crippen molar-refractivity contribution < 1.29 is 10.0 Å². The van der Waals surface area contributed by atoms with Crippen molar-refractivity contribution in [1.82, 2.24) is 10.3 Å². The molecule has 6 nitrogen and oxygen atoms in total. The van der Waals surface area contributed by atoms with Crippen LogP contribution >= 0.6 is 11.8 Å². The van der Waals surface area contributed by atoms with Crippen molar-refractivity contribution in [2.75, 3.05) is 12.3 Å². The van der Waals surface area contributed by atoms with Crippen molar-refractivity contribution in [3.8, 4) is 0 Å². The van der Waals surface area contributed by atoms with Gasteiger partial charge in [-0.05, 0) is 22.8 Å². The highest BCUT2D eigenvalue weighted by atomic mass is 32.2. The number of aromatic nitrogens is 1. The lowest BCUT2D eigenvalue weighted by atomic mass is 9.84. The number of para-hydroxylation sites is 1. The standard InChI is InChI=1S/C30H27N3O3S/c34-29(26-21-22-11-10-18-27(33(35)36)28(22)32-26)31-19-20-37-30(23-12-4-1-5-13-23,24-14-6-2-7-15-24)25-16-8-3-9-17-25/h1-18,21,29,31-32,34H,19-20H2. The molecule has 1 unspecified atom stereocenters. The van der Waals surface area contributed by atoms with Crippen LogP contribution in [-0.2, 0) is 4.75 Å². The second-order valence-corrected chi connectivity index (χ2v) is 10.0. The number of nitrogens with one attached hydrogen (secondary N) is 2. The lowest BCUT2D eigenvalue weighted by Crippen LogP contribution is -2.29. The third-order valence-electron chi connectivity index (χ3n) is 6.45. The van der Waals surface area contributed by atoms with Gasteiger partial charge in [0.15, 0.2) is 0 Å². The maximum atomic E-state index is 11.4. The van der Waals surface area contributed by atoms with E-state index in [1.807, 2.05) is 18.2 Å². The Kier molecular flexibility index (Phi) is 7.37. The number of benzene rings is 4. The quantitative estimate of drug-likeness (QED) is 0.0668. The number of aliphatic hydroxyl groups excluding tert-OH is 1. The van der Waals surface area contributed by atoms with Crippen LogP contribution in [0.15, 0.2) is 115 Å². The van der Waals surface area contributed by atoms with Crippen LogP contribution in [0.2, 0.25) is 0 Å². The third kappa shape index (κ3) is 5.02. The van der Waals surface area contributed by atoms with E-state index in [0.29, 0.717) is 28.9 Å². The number of nitrogens with zero attached hydrogens (tertiary/aromatic N) is 1. The Hall–Kier alpha value is -3.91. The molecule has 3 N–H and O–H groups in total. The molecular weight excluding hydrogens is 482 g/mol. The molecule has 0 spiro atoms. The van der Waals surface area contributed by atoms with Crippen molar-refractivity contribution in [1.29, 1.82) is 0 Å². The Bertz CT molecular complexity index is 1380. The Labute approximate surface area is 219 Å². The molecule has 0 radical (unpaired) electrons. The molecule has 7 heteroatoms. The lowest BCUT2D eigenvalue weighted by Gasteiger charge is -2.35. The summed E-state index contributed by atoms with van der Waals surface area (Å²) in [5.74, 6) is 0.704. The van der Waals surface area contributed by atoms with E-state index in [9.17, 15) is 15.2 Å². The predicted molar refractivity (Wildman–Crippen MR) is 150 cm³/mol. The average molecular weight is 510 g/mol. The molecule has 0 saturated carbocycles. The zero-order chi connectivity index (χ0) is 25.7. The number of hydrogen-bond acceptors (Lipinski definition) is 5. The maximum Gasteiger partial charge on any atom is 0.293 e. The van der Waals surface area contributed by atoms with Gasteiger partial charge in [0.05, 0.1) is 15.4 Å². The second kappa shape index (κ2) is 11.0. The van der Waals surface area contributed by atoms with E-state index in [-0.39, 0.29) is 5.69 Å². The molecule has 5 rings (SSSR count). The summed E-state index contributed by atoms with van der Waals surface area (Å²) in [6.45, 7) is 0.525. The molecule has 5 aromatic rings. The molecule has 0 aliphatic rings. The van der Waals surface area contributed by atoms with Crippen molar-refractivity contribution in [2.45, 2.75) is 11.0 Å². The Morgan fingerprint density at radius 3 is 1.89 bits per heavy atom. The van der Waals surface area contributed by atoms with Gasteiger partial charge in [-0.15, -0.1) is 11.8 Å². The van der Waals surface area contributed by atoms with E-state index >= 15 is 0 Å². The van der Waals surface area contributed by atoms with Crippen molar-refractivity contribution >= 4 is 28.4 Å². The van der Waals surface area contributed by atoms with Gasteiger partial charge < -0.3 is 10.1 Å². The minimum Gasteiger partial charge on any atom is -0.373 e. The van der Waals surface area contributed by atoms with Gasteiger partial charge in [0.25, 0.3) is 5.69 Å². The summed E-state index contributed by atoms with van der Waals surface area (Å²) in [5.41, 5.74) is 4.44. The first kappa shape index (κ1) is 24.8. The van der Waals surface area contributed by atoms with Gasteiger partial charge in [-0.3, -0.25) is 15.4 Å². The van der Waals surface area contributed by atoms with E-state index < -0.39 is 15.9 Å². The number of H-pyrrole nitrogens is 1. The first-order valence-electron chi connectivity index (χ1n) is 12.1. The molecule has 0 amide bonds. The number of rotatable bonds is 10. The fourth-order valence-electron chi connectivity index (χ4n) is 4.74. The molecule has 0 aliphatic carbocycles. The molecule has 1 heterocycles. The molecular formula is C30H27N3O3S. The summed E-state index contributed by atoms with van der Waals surface area (Å²) >= 11 is 1.80. The molecule has 186 valence electrons. The minimum atomic E-state index is -0.979. The van der Waals surface area contributed by atoms with Crippen LogP contribution < -0.4 is 5.32 Å². The van der Waals surface area contributed by atoms with Crippen LogP contribution in [0.1, 0.15) is 28.6 Å². The Morgan fingerprint density at radius 2 is 1.38 bits per heavy atom. The van der Waals surface area contributed by atoms with E-state index in [4.69, 9.17) is 0 Å². The van der Waals surface area contributed by atoms with Gasteiger partial charge in [0.1, 0.15) is 11.7 Å². The zero-order valence-electron chi connectivity index (χ0n) is 20.1. The smallest absolute Gasteiger partial charge is 0.293 e. The van der Waals surface area contributed by atoms with E-state index in [1.54, 1.807) is 30.0 Å². The van der Waals surface area contributed by atoms with Gasteiger partial charge in [-0.25, -0.2) is 0 Å². The molecule has 37 heavy (non-hydrogen) atoms. The number of aromatic amines is 1. The monoisotopic (exact) mass is 509 g/mol. The van der Waals surface area contributed by atoms with E-state index in [2.05, 4.69) is 83.1 Å². The molecule has 0 saturated heterocycles. The second-order valence-electron chi connectivity index (χ2n) is 8.71. The van der Waals surface area contributed by atoms with E-state index in [0.717, 1.165) is 0 Å². The Balaban J connectivity index is 1.39. The number of aliphatic hydroxyl groups is 1. The summed E-state index contributed by atoms with van der Waals surface area (Å²) in [4.78, 5) is 14.0. The Morgan fingerprint density at radius 1 is 0.838 bits per heavy atom. The SMILES string of the molecule is O=[N+]([O-])c1cccc2cc(C(O)NCCSC(c3ccccc3)(c3ccccc3)c3ccccc3)[nH]c12. The largest absolute Gasteiger partial charge is 0.373 e. The first-order valence-corrected chi connectivity index (χ1v) is 13.1. The van der Waals surface area contributed by atoms with Gasteiger partial charge in [0, 0.05) is 23.8 Å². The summed E-state index contributed by atoms with van der Waals surface area (Å²) in [6.07, 6.45) is -0.979. The topological polar surface area (TPSA) is 91.2 Å². The molecule has 1 aromatic heterocycles. The number of thioether (sulfide) groups is 1. The van der Waals surface area contributed by atoms with Crippen LogP contribution in [0.25, 0.3) is 10.9 Å². The number of fused-ring (bicyclic) bond motifs is 1. The van der Waals surface area contributed by atoms with Crippen molar-refractivity contribution in [2.24, 2.45) is 0 Å². The average Bonchev–Trinajstić information content (AvgIpc) is 3.39. The molecule has 0 bridgehead atoms. The van der Waals surface area contributed by atoms with Gasteiger partial charge in [0.2, 0.25) is 0 Å². The number of non-ortho nitro benzene ring substituents is 1. The molecule has 0 fully saturated rings. The number of hydrogen-bond donors (Lipinski definition) is 3. The van der Waals surface area contributed by atoms with Crippen LogP contribution in [-0.4, -0.2) is 27.3 Å². The van der Waals surface area contributed by atoms with Gasteiger partial charge >= 0.3 is 0 Å². The van der Waals surface area contributed by atoms with Crippen LogP contribution in [0.3, 0.4) is 0 Å². The highest BCUT2D eigenvalue weighted by molar-refractivity contribution is 8.00. The number of nitro groups is 1. The third-order valence-corrected chi connectivity index (χ3v) is 7.99. The lowest BCUT2D eigenvalue weighted by molar-refractivity contribution is -0.383. The highest BCUT2D eigenvalue weighted by Gasteiger charge is 2.36. The highest BCUT2D eigenvalue weighted by Crippen LogP contribution is 2.48. The summed E-state index contributed by atoms with van der Waals surface area (Å²) in [5, 5.41) is 26.0. The molecule has 4 aromatic carbocycles. The molecule has 0 aliphatic heterocycles. The summed E-state index contributed by atoms with van der Waals surface area (Å²) < 4.78 is -0.432. The van der Waals surface area contributed by atoms with Gasteiger partial charge in [-0.1, -0.05) is 103 Å². The maximum absolute atomic E-state index is 11.4. The van der Waals surface area contributed by atoms with Crippen LogP contribution in [0.4, 0.5) is 5.69 Å². The van der Waals surface area contributed by atoms with Crippen LogP contribution in [0, 0.1) is 10.1 Å². The summed E-state index contributed by atoms with van der Waals surface area (Å²) in [7, 11) is 0. The zero-order valence-corrected chi connectivity index (χ0v) is 20.9. The normalized spacial score (nSPS) is 12.5. The van der Waals surface area contributed by atoms with Crippen molar-refractivity contribution in [3.05, 3.63) is 148 Å². The van der Waals surface area contributed by atoms with Crippen LogP contribution in [0.5, 0.6) is 0 Å². The van der Waals surface area contributed by atoms with Crippen molar-refractivity contribution in [3.63, 3.8) is 0 Å². The molecule has 1 atom stereocenters.